The first-order valence-electron chi connectivity index (χ1n) is 5.60. The van der Waals surface area contributed by atoms with Gasteiger partial charge in [0.2, 0.25) is 5.76 Å². The van der Waals surface area contributed by atoms with Gasteiger partial charge in [0.25, 0.3) is 0 Å². The summed E-state index contributed by atoms with van der Waals surface area (Å²) >= 11 is 0. The van der Waals surface area contributed by atoms with E-state index in [1.165, 1.54) is 26.2 Å². The Morgan fingerprint density at radius 2 is 2.15 bits per heavy atom. The van der Waals surface area contributed by atoms with E-state index in [1.807, 2.05) is 0 Å². The van der Waals surface area contributed by atoms with Crippen molar-refractivity contribution in [2.45, 2.75) is 19.6 Å². The molecule has 2 rings (SSSR count). The molecule has 0 aliphatic carbocycles. The average molecular weight is 288 g/mol. The molecule has 0 aliphatic rings. The summed E-state index contributed by atoms with van der Waals surface area (Å²) in [5.74, 6) is -0.349. The van der Waals surface area contributed by atoms with Crippen LogP contribution in [0.2, 0.25) is 0 Å². The minimum absolute atomic E-state index is 0.00108. The molecule has 2 aromatic heterocycles. The number of halogens is 3. The molecule has 0 aromatic carbocycles. The van der Waals surface area contributed by atoms with E-state index in [9.17, 15) is 18.0 Å². The van der Waals surface area contributed by atoms with E-state index in [-0.39, 0.29) is 12.3 Å². The molecule has 0 bridgehead atoms. The SMILES string of the molecule is COC(=O)c1ccc(Cn2nc(C(F)(F)F)cc2C)o1. The van der Waals surface area contributed by atoms with Gasteiger partial charge in [0.15, 0.2) is 5.69 Å². The molecule has 5 nitrogen and oxygen atoms in total. The number of aryl methyl sites for hydroxylation is 1. The Labute approximate surface area is 111 Å². The van der Waals surface area contributed by atoms with Crippen LogP contribution in [0.25, 0.3) is 0 Å². The topological polar surface area (TPSA) is 57.3 Å². The first kappa shape index (κ1) is 14.2. The van der Waals surface area contributed by atoms with Gasteiger partial charge in [0.1, 0.15) is 5.76 Å². The smallest absolute Gasteiger partial charge is 0.435 e. The highest BCUT2D eigenvalue weighted by atomic mass is 19.4. The first-order chi connectivity index (χ1) is 9.31. The molecule has 108 valence electrons. The number of furan rings is 1. The fourth-order valence-electron chi connectivity index (χ4n) is 1.63. The van der Waals surface area contributed by atoms with E-state index in [0.29, 0.717) is 11.5 Å². The van der Waals surface area contributed by atoms with Crippen LogP contribution in [0.15, 0.2) is 22.6 Å². The van der Waals surface area contributed by atoms with Crippen LogP contribution in [-0.2, 0) is 17.5 Å². The third-order valence-corrected chi connectivity index (χ3v) is 2.63. The first-order valence-corrected chi connectivity index (χ1v) is 5.60. The van der Waals surface area contributed by atoms with Crippen LogP contribution in [0.3, 0.4) is 0 Å². The lowest BCUT2D eigenvalue weighted by molar-refractivity contribution is -0.141. The number of rotatable bonds is 3. The quantitative estimate of drug-likeness (QED) is 0.815. The lowest BCUT2D eigenvalue weighted by atomic mass is 10.3. The Balaban J connectivity index is 2.20. The van der Waals surface area contributed by atoms with Crippen molar-refractivity contribution in [3.63, 3.8) is 0 Å². The van der Waals surface area contributed by atoms with Crippen LogP contribution in [0.4, 0.5) is 13.2 Å². The maximum Gasteiger partial charge on any atom is 0.435 e. The number of carbonyl (C=O) groups is 1. The van der Waals surface area contributed by atoms with E-state index in [2.05, 4.69) is 9.84 Å². The highest BCUT2D eigenvalue weighted by Crippen LogP contribution is 2.28. The molecule has 20 heavy (non-hydrogen) atoms. The Bertz CT molecular complexity index is 628. The summed E-state index contributed by atoms with van der Waals surface area (Å²) in [5.41, 5.74) is -0.622. The van der Waals surface area contributed by atoms with Crippen LogP contribution in [0, 0.1) is 6.92 Å². The Morgan fingerprint density at radius 3 is 2.70 bits per heavy atom. The third kappa shape index (κ3) is 2.84. The lowest BCUT2D eigenvalue weighted by Gasteiger charge is -2.02. The van der Waals surface area contributed by atoms with Crippen molar-refractivity contribution in [1.82, 2.24) is 9.78 Å². The van der Waals surface area contributed by atoms with Gasteiger partial charge in [-0.1, -0.05) is 0 Å². The van der Waals surface area contributed by atoms with Crippen molar-refractivity contribution in [3.8, 4) is 0 Å². The molecule has 2 aromatic rings. The molecule has 0 spiro atoms. The number of nitrogens with zero attached hydrogens (tertiary/aromatic N) is 2. The summed E-state index contributed by atoms with van der Waals surface area (Å²) in [5, 5.41) is 3.47. The normalized spacial score (nSPS) is 11.7. The lowest BCUT2D eigenvalue weighted by Crippen LogP contribution is -2.08. The molecule has 0 unspecified atom stereocenters. The van der Waals surface area contributed by atoms with Crippen molar-refractivity contribution in [2.75, 3.05) is 7.11 Å². The molecular weight excluding hydrogens is 277 g/mol. The monoisotopic (exact) mass is 288 g/mol. The molecule has 0 radical (unpaired) electrons. The average Bonchev–Trinajstić information content (AvgIpc) is 2.96. The summed E-state index contributed by atoms with van der Waals surface area (Å²) in [6.45, 7) is 1.51. The number of aromatic nitrogens is 2. The van der Waals surface area contributed by atoms with Crippen molar-refractivity contribution >= 4 is 5.97 Å². The molecule has 0 saturated carbocycles. The van der Waals surface area contributed by atoms with Gasteiger partial charge < -0.3 is 9.15 Å². The van der Waals surface area contributed by atoms with Crippen molar-refractivity contribution in [2.24, 2.45) is 0 Å². The summed E-state index contributed by atoms with van der Waals surface area (Å²) in [7, 11) is 1.21. The second kappa shape index (κ2) is 5.03. The minimum Gasteiger partial charge on any atom is -0.463 e. The Morgan fingerprint density at radius 1 is 1.45 bits per heavy atom. The number of methoxy groups -OCH3 is 1. The van der Waals surface area contributed by atoms with E-state index in [4.69, 9.17) is 4.42 Å². The number of ether oxygens (including phenoxy) is 1. The zero-order valence-corrected chi connectivity index (χ0v) is 10.7. The van der Waals surface area contributed by atoms with Gasteiger partial charge in [-0.25, -0.2) is 4.79 Å². The zero-order valence-electron chi connectivity index (χ0n) is 10.7. The second-order valence-corrected chi connectivity index (χ2v) is 4.08. The van der Waals surface area contributed by atoms with Crippen molar-refractivity contribution in [1.29, 1.82) is 0 Å². The summed E-state index contributed by atoms with van der Waals surface area (Å²) < 4.78 is 48.3. The van der Waals surface area contributed by atoms with Gasteiger partial charge in [-0.15, -0.1) is 0 Å². The number of alkyl halides is 3. The van der Waals surface area contributed by atoms with E-state index in [1.54, 1.807) is 0 Å². The number of carbonyl (C=O) groups excluding carboxylic acids is 1. The largest absolute Gasteiger partial charge is 0.463 e. The van der Waals surface area contributed by atoms with Crippen LogP contribution < -0.4 is 0 Å². The highest BCUT2D eigenvalue weighted by molar-refractivity contribution is 5.86. The second-order valence-electron chi connectivity index (χ2n) is 4.08. The molecule has 0 atom stereocenters. The van der Waals surface area contributed by atoms with Crippen LogP contribution in [-0.4, -0.2) is 22.9 Å². The fourth-order valence-corrected chi connectivity index (χ4v) is 1.63. The molecule has 0 amide bonds. The van der Waals surface area contributed by atoms with Gasteiger partial charge >= 0.3 is 12.1 Å². The molecular formula is C12H11F3N2O3. The van der Waals surface area contributed by atoms with Crippen molar-refractivity contribution in [3.05, 3.63) is 41.1 Å². The third-order valence-electron chi connectivity index (χ3n) is 2.63. The molecule has 0 saturated heterocycles. The number of esters is 1. The van der Waals surface area contributed by atoms with E-state index < -0.39 is 17.8 Å². The summed E-state index contributed by atoms with van der Waals surface area (Å²) in [4.78, 5) is 11.2. The van der Waals surface area contributed by atoms with Crippen molar-refractivity contribution < 1.29 is 27.1 Å². The zero-order chi connectivity index (χ0) is 14.9. The van der Waals surface area contributed by atoms with Gasteiger partial charge in [-0.05, 0) is 25.1 Å². The van der Waals surface area contributed by atoms with Gasteiger partial charge in [-0.3, -0.25) is 4.68 Å². The fraction of sp³-hybridized carbons (Fsp3) is 0.333. The van der Waals surface area contributed by atoms with E-state index in [0.717, 1.165) is 10.7 Å². The molecule has 8 heteroatoms. The van der Waals surface area contributed by atoms with Crippen LogP contribution in [0.5, 0.6) is 0 Å². The molecule has 0 N–H and O–H groups in total. The minimum atomic E-state index is -4.49. The number of hydrogen-bond acceptors (Lipinski definition) is 4. The Hall–Kier alpha value is -2.25. The Kier molecular flexibility index (Phi) is 3.56. The van der Waals surface area contributed by atoms with E-state index >= 15 is 0 Å². The van der Waals surface area contributed by atoms with Gasteiger partial charge in [0, 0.05) is 5.69 Å². The highest BCUT2D eigenvalue weighted by Gasteiger charge is 2.34. The molecule has 0 fully saturated rings. The number of hydrogen-bond donors (Lipinski definition) is 0. The maximum absolute atomic E-state index is 12.5. The molecule has 2 heterocycles. The standard InChI is InChI=1S/C12H11F3N2O3/c1-7-5-10(12(13,14)15)16-17(7)6-8-3-4-9(20-8)11(18)19-2/h3-5H,6H2,1-2H3. The van der Waals surface area contributed by atoms with Crippen LogP contribution in [0.1, 0.15) is 27.7 Å². The summed E-state index contributed by atoms with van der Waals surface area (Å²) in [6, 6.07) is 3.83. The van der Waals surface area contributed by atoms with Crippen LogP contribution >= 0.6 is 0 Å². The molecule has 0 aliphatic heterocycles. The maximum atomic E-state index is 12.5. The van der Waals surface area contributed by atoms with Gasteiger partial charge in [-0.2, -0.15) is 18.3 Å². The predicted octanol–water partition coefficient (Wildman–Crippen LogP) is 2.64. The van der Waals surface area contributed by atoms with Gasteiger partial charge in [0.05, 0.1) is 13.7 Å². The predicted molar refractivity (Wildman–Crippen MR) is 61.1 cm³/mol. The summed E-state index contributed by atoms with van der Waals surface area (Å²) in [6.07, 6.45) is -4.49.